The fourth-order valence-corrected chi connectivity index (χ4v) is 0.977. The topological polar surface area (TPSA) is 47.3 Å². The number of hydrogen-bond donors (Lipinski definition) is 2. The largest absolute Gasteiger partial charge is 0.385 e. The number of nitrogens with one attached hydrogen (secondary N) is 1. The second-order valence-corrected chi connectivity index (χ2v) is 3.22. The molecule has 0 aromatic heterocycles. The van der Waals surface area contributed by atoms with E-state index >= 15 is 0 Å². The fraction of sp³-hybridized carbons (Fsp3) is 1.00. The molecule has 1 saturated carbocycles. The molecule has 0 aliphatic heterocycles. The van der Waals surface area contributed by atoms with Crippen LogP contribution in [0, 0.1) is 0 Å². The minimum atomic E-state index is 0.260. The summed E-state index contributed by atoms with van der Waals surface area (Å²) >= 11 is 0. The highest BCUT2D eigenvalue weighted by molar-refractivity contribution is 4.82. The quantitative estimate of drug-likeness (QED) is 0.576. The van der Waals surface area contributed by atoms with E-state index in [-0.39, 0.29) is 6.04 Å². The van der Waals surface area contributed by atoms with Gasteiger partial charge < -0.3 is 15.8 Å². The second-order valence-electron chi connectivity index (χ2n) is 3.22. The summed E-state index contributed by atoms with van der Waals surface area (Å²) in [7, 11) is 1.71. The molecule has 0 aromatic rings. The van der Waals surface area contributed by atoms with Gasteiger partial charge in [0.2, 0.25) is 0 Å². The lowest BCUT2D eigenvalue weighted by atomic mass is 10.2. The average Bonchev–Trinajstić information content (AvgIpc) is 2.80. The van der Waals surface area contributed by atoms with E-state index in [0.29, 0.717) is 0 Å². The molecule has 0 aromatic carbocycles. The molecule has 0 bridgehead atoms. The molecule has 3 nitrogen and oxygen atoms in total. The zero-order valence-electron chi connectivity index (χ0n) is 7.18. The summed E-state index contributed by atoms with van der Waals surface area (Å²) in [4.78, 5) is 0. The number of rotatable bonds is 6. The van der Waals surface area contributed by atoms with Gasteiger partial charge in [0.1, 0.15) is 0 Å². The average molecular weight is 158 g/mol. The first kappa shape index (κ1) is 8.97. The zero-order chi connectivity index (χ0) is 8.10. The Balaban J connectivity index is 1.87. The van der Waals surface area contributed by atoms with Crippen molar-refractivity contribution in [3.8, 4) is 0 Å². The van der Waals surface area contributed by atoms with Gasteiger partial charge in [-0.05, 0) is 19.3 Å². The predicted octanol–water partition coefficient (Wildman–Crippen LogP) is 0.102. The molecule has 1 rings (SSSR count). The number of methoxy groups -OCH3 is 1. The highest BCUT2D eigenvalue weighted by atomic mass is 16.5. The highest BCUT2D eigenvalue weighted by Crippen LogP contribution is 2.18. The molecule has 1 aliphatic carbocycles. The summed E-state index contributed by atoms with van der Waals surface area (Å²) in [6.45, 7) is 1.71. The lowest BCUT2D eigenvalue weighted by Gasteiger charge is -2.10. The van der Waals surface area contributed by atoms with Gasteiger partial charge in [0.05, 0.1) is 0 Å². The SMILES string of the molecule is COCCC(N)CNC1CC1. The van der Waals surface area contributed by atoms with E-state index in [4.69, 9.17) is 10.5 Å². The molecule has 66 valence electrons. The lowest BCUT2D eigenvalue weighted by molar-refractivity contribution is 0.187. The van der Waals surface area contributed by atoms with Crippen LogP contribution in [-0.4, -0.2) is 32.3 Å². The molecular formula is C8H18N2O. The molecule has 1 fully saturated rings. The number of nitrogens with two attached hydrogens (primary N) is 1. The molecule has 0 heterocycles. The first-order valence-corrected chi connectivity index (χ1v) is 4.31. The van der Waals surface area contributed by atoms with Crippen molar-refractivity contribution < 1.29 is 4.74 Å². The van der Waals surface area contributed by atoms with Gasteiger partial charge in [0, 0.05) is 32.3 Å². The zero-order valence-corrected chi connectivity index (χ0v) is 7.18. The van der Waals surface area contributed by atoms with Crippen molar-refractivity contribution in [2.75, 3.05) is 20.3 Å². The first-order valence-electron chi connectivity index (χ1n) is 4.31. The van der Waals surface area contributed by atoms with Crippen molar-refractivity contribution in [1.82, 2.24) is 5.32 Å². The Bertz CT molecular complexity index is 104. The van der Waals surface area contributed by atoms with Crippen molar-refractivity contribution in [2.45, 2.75) is 31.3 Å². The normalized spacial score (nSPS) is 20.2. The Morgan fingerprint density at radius 2 is 2.36 bits per heavy atom. The molecule has 11 heavy (non-hydrogen) atoms. The summed E-state index contributed by atoms with van der Waals surface area (Å²) in [5, 5.41) is 3.38. The maximum Gasteiger partial charge on any atom is 0.0477 e. The van der Waals surface area contributed by atoms with Gasteiger partial charge in [0.25, 0.3) is 0 Å². The standard InChI is InChI=1S/C8H18N2O/c1-11-5-4-7(9)6-10-8-2-3-8/h7-8,10H,2-6,9H2,1H3. The second kappa shape index (κ2) is 4.70. The fourth-order valence-electron chi connectivity index (χ4n) is 0.977. The maximum atomic E-state index is 5.79. The van der Waals surface area contributed by atoms with Gasteiger partial charge in [0.15, 0.2) is 0 Å². The molecule has 0 spiro atoms. The molecule has 3 N–H and O–H groups in total. The van der Waals surface area contributed by atoms with Crippen LogP contribution in [0.25, 0.3) is 0 Å². The third-order valence-corrected chi connectivity index (χ3v) is 1.94. The number of ether oxygens (including phenoxy) is 1. The van der Waals surface area contributed by atoms with Crippen LogP contribution in [0.5, 0.6) is 0 Å². The molecule has 3 heteroatoms. The van der Waals surface area contributed by atoms with Crippen LogP contribution >= 0.6 is 0 Å². The summed E-state index contributed by atoms with van der Waals surface area (Å²) in [6, 6.07) is 1.03. The maximum absolute atomic E-state index is 5.79. The van der Waals surface area contributed by atoms with E-state index in [2.05, 4.69) is 5.32 Å². The minimum absolute atomic E-state index is 0.260. The van der Waals surface area contributed by atoms with E-state index in [1.807, 2.05) is 0 Å². The summed E-state index contributed by atoms with van der Waals surface area (Å²) in [5.74, 6) is 0. The minimum Gasteiger partial charge on any atom is -0.385 e. The van der Waals surface area contributed by atoms with Gasteiger partial charge >= 0.3 is 0 Å². The van der Waals surface area contributed by atoms with Crippen LogP contribution in [0.2, 0.25) is 0 Å². The van der Waals surface area contributed by atoms with Gasteiger partial charge in [-0.2, -0.15) is 0 Å². The van der Waals surface area contributed by atoms with Crippen LogP contribution in [0.15, 0.2) is 0 Å². The van der Waals surface area contributed by atoms with E-state index in [1.165, 1.54) is 12.8 Å². The van der Waals surface area contributed by atoms with Gasteiger partial charge in [-0.15, -0.1) is 0 Å². The van der Waals surface area contributed by atoms with Gasteiger partial charge in [-0.25, -0.2) is 0 Å². The third-order valence-electron chi connectivity index (χ3n) is 1.94. The van der Waals surface area contributed by atoms with Crippen molar-refractivity contribution >= 4 is 0 Å². The molecule has 1 unspecified atom stereocenters. The first-order chi connectivity index (χ1) is 5.33. The van der Waals surface area contributed by atoms with Gasteiger partial charge in [-0.3, -0.25) is 0 Å². The van der Waals surface area contributed by atoms with E-state index < -0.39 is 0 Å². The van der Waals surface area contributed by atoms with E-state index in [1.54, 1.807) is 7.11 Å². The Hall–Kier alpha value is -0.120. The third kappa shape index (κ3) is 4.35. The van der Waals surface area contributed by atoms with Crippen LogP contribution in [-0.2, 0) is 4.74 Å². The summed E-state index contributed by atoms with van der Waals surface area (Å²) < 4.78 is 4.93. The number of hydrogen-bond acceptors (Lipinski definition) is 3. The smallest absolute Gasteiger partial charge is 0.0477 e. The van der Waals surface area contributed by atoms with Crippen LogP contribution in [0.4, 0.5) is 0 Å². The van der Waals surface area contributed by atoms with Crippen LogP contribution in [0.1, 0.15) is 19.3 Å². The van der Waals surface area contributed by atoms with Crippen molar-refractivity contribution in [1.29, 1.82) is 0 Å². The Morgan fingerprint density at radius 3 is 2.91 bits per heavy atom. The lowest BCUT2D eigenvalue weighted by Crippen LogP contribution is -2.35. The van der Waals surface area contributed by atoms with E-state index in [0.717, 1.165) is 25.6 Å². The Kier molecular flexibility index (Phi) is 3.83. The van der Waals surface area contributed by atoms with Crippen molar-refractivity contribution in [3.63, 3.8) is 0 Å². The molecular weight excluding hydrogens is 140 g/mol. The van der Waals surface area contributed by atoms with Gasteiger partial charge in [-0.1, -0.05) is 0 Å². The molecule has 1 aliphatic rings. The van der Waals surface area contributed by atoms with E-state index in [9.17, 15) is 0 Å². The Labute approximate surface area is 68.3 Å². The van der Waals surface area contributed by atoms with Crippen molar-refractivity contribution in [2.24, 2.45) is 5.73 Å². The van der Waals surface area contributed by atoms with Crippen LogP contribution < -0.4 is 11.1 Å². The molecule has 0 amide bonds. The molecule has 1 atom stereocenters. The summed E-state index contributed by atoms with van der Waals surface area (Å²) in [5.41, 5.74) is 5.79. The van der Waals surface area contributed by atoms with Crippen LogP contribution in [0.3, 0.4) is 0 Å². The molecule has 0 radical (unpaired) electrons. The predicted molar refractivity (Wildman–Crippen MR) is 45.5 cm³/mol. The summed E-state index contributed by atoms with van der Waals surface area (Å²) in [6.07, 6.45) is 3.62. The molecule has 0 saturated heterocycles. The highest BCUT2D eigenvalue weighted by Gasteiger charge is 2.20. The van der Waals surface area contributed by atoms with Crippen molar-refractivity contribution in [3.05, 3.63) is 0 Å². The monoisotopic (exact) mass is 158 g/mol. The Morgan fingerprint density at radius 1 is 1.64 bits per heavy atom.